The second-order valence-corrected chi connectivity index (χ2v) is 4.44. The van der Waals surface area contributed by atoms with E-state index in [-0.39, 0.29) is 0 Å². The molecule has 0 aliphatic rings. The van der Waals surface area contributed by atoms with Crippen LogP contribution in [0, 0.1) is 0 Å². The highest BCUT2D eigenvalue weighted by atomic mass is 16.5. The Hall–Kier alpha value is -2.55. The second-order valence-electron chi connectivity index (χ2n) is 4.44. The molecule has 0 spiro atoms. The summed E-state index contributed by atoms with van der Waals surface area (Å²) in [6.07, 6.45) is 1.80. The molecule has 0 aliphatic carbocycles. The van der Waals surface area contributed by atoms with Gasteiger partial charge < -0.3 is 9.47 Å². The predicted octanol–water partition coefficient (Wildman–Crippen LogP) is 3.85. The van der Waals surface area contributed by atoms with E-state index in [9.17, 15) is 4.79 Å². The SMILES string of the molecule is C=CC(=O)OCCCOc1ccccc1-c1ccccc1. The zero-order chi connectivity index (χ0) is 14.9. The predicted molar refractivity (Wildman–Crippen MR) is 83.1 cm³/mol. The molecule has 108 valence electrons. The number of carbonyl (C=O) groups is 1. The summed E-state index contributed by atoms with van der Waals surface area (Å²) in [5.41, 5.74) is 2.17. The fraction of sp³-hybridized carbons (Fsp3) is 0.167. The van der Waals surface area contributed by atoms with Crippen molar-refractivity contribution in [2.45, 2.75) is 6.42 Å². The van der Waals surface area contributed by atoms with E-state index in [4.69, 9.17) is 9.47 Å². The van der Waals surface area contributed by atoms with Crippen molar-refractivity contribution in [3.63, 3.8) is 0 Å². The first-order valence-corrected chi connectivity index (χ1v) is 6.87. The molecule has 0 unspecified atom stereocenters. The summed E-state index contributed by atoms with van der Waals surface area (Å²) in [5.74, 6) is 0.429. The van der Waals surface area contributed by atoms with E-state index in [2.05, 4.69) is 6.58 Å². The van der Waals surface area contributed by atoms with Crippen molar-refractivity contribution in [1.82, 2.24) is 0 Å². The fourth-order valence-corrected chi connectivity index (χ4v) is 1.92. The number of hydrogen-bond acceptors (Lipinski definition) is 3. The van der Waals surface area contributed by atoms with Gasteiger partial charge in [-0.2, -0.15) is 0 Å². The Balaban J connectivity index is 1.92. The van der Waals surface area contributed by atoms with Crippen LogP contribution < -0.4 is 4.74 Å². The maximum atomic E-state index is 10.9. The summed E-state index contributed by atoms with van der Waals surface area (Å²) in [5, 5.41) is 0. The smallest absolute Gasteiger partial charge is 0.330 e. The van der Waals surface area contributed by atoms with Crippen LogP contribution in [0.5, 0.6) is 5.75 Å². The molecule has 2 aromatic carbocycles. The molecule has 0 N–H and O–H groups in total. The Morgan fingerprint density at radius 2 is 1.71 bits per heavy atom. The van der Waals surface area contributed by atoms with Crippen molar-refractivity contribution in [3.05, 3.63) is 67.3 Å². The Morgan fingerprint density at radius 3 is 2.48 bits per heavy atom. The van der Waals surface area contributed by atoms with Crippen molar-refractivity contribution in [2.75, 3.05) is 13.2 Å². The first kappa shape index (κ1) is 14.9. The molecule has 0 saturated heterocycles. The zero-order valence-electron chi connectivity index (χ0n) is 11.8. The highest BCUT2D eigenvalue weighted by molar-refractivity contribution is 5.81. The quantitative estimate of drug-likeness (QED) is 0.439. The van der Waals surface area contributed by atoms with Gasteiger partial charge in [-0.25, -0.2) is 4.79 Å². The maximum Gasteiger partial charge on any atom is 0.330 e. The monoisotopic (exact) mass is 282 g/mol. The van der Waals surface area contributed by atoms with Crippen molar-refractivity contribution >= 4 is 5.97 Å². The molecule has 3 nitrogen and oxygen atoms in total. The van der Waals surface area contributed by atoms with Crippen LogP contribution in [0.2, 0.25) is 0 Å². The van der Waals surface area contributed by atoms with Crippen LogP contribution in [0.3, 0.4) is 0 Å². The molecule has 0 aliphatic heterocycles. The molecule has 21 heavy (non-hydrogen) atoms. The fourth-order valence-electron chi connectivity index (χ4n) is 1.92. The Morgan fingerprint density at radius 1 is 1.00 bits per heavy atom. The molecule has 3 heteroatoms. The van der Waals surface area contributed by atoms with Gasteiger partial charge in [-0.05, 0) is 11.6 Å². The van der Waals surface area contributed by atoms with Gasteiger partial charge in [0, 0.05) is 18.1 Å². The van der Waals surface area contributed by atoms with E-state index in [1.165, 1.54) is 0 Å². The van der Waals surface area contributed by atoms with E-state index >= 15 is 0 Å². The van der Waals surface area contributed by atoms with Gasteiger partial charge in [0.2, 0.25) is 0 Å². The van der Waals surface area contributed by atoms with Crippen LogP contribution in [0.1, 0.15) is 6.42 Å². The molecular weight excluding hydrogens is 264 g/mol. The highest BCUT2D eigenvalue weighted by Crippen LogP contribution is 2.29. The summed E-state index contributed by atoms with van der Waals surface area (Å²) >= 11 is 0. The van der Waals surface area contributed by atoms with Crippen molar-refractivity contribution < 1.29 is 14.3 Å². The van der Waals surface area contributed by atoms with Crippen LogP contribution in [0.4, 0.5) is 0 Å². The minimum absolute atomic E-state index is 0.332. The highest BCUT2D eigenvalue weighted by Gasteiger charge is 2.05. The molecular formula is C18H18O3. The molecule has 0 saturated carbocycles. The third-order valence-electron chi connectivity index (χ3n) is 2.93. The maximum absolute atomic E-state index is 10.9. The summed E-state index contributed by atoms with van der Waals surface area (Å²) in [7, 11) is 0. The van der Waals surface area contributed by atoms with Gasteiger partial charge in [0.25, 0.3) is 0 Å². The summed E-state index contributed by atoms with van der Waals surface area (Å²) in [6.45, 7) is 4.17. The Bertz CT molecular complexity index is 590. The number of rotatable bonds is 7. The number of hydrogen-bond donors (Lipinski definition) is 0. The molecule has 0 atom stereocenters. The van der Waals surface area contributed by atoms with E-state index in [0.29, 0.717) is 19.6 Å². The van der Waals surface area contributed by atoms with Crippen LogP contribution >= 0.6 is 0 Å². The number of esters is 1. The molecule has 0 aromatic heterocycles. The van der Waals surface area contributed by atoms with E-state index < -0.39 is 5.97 Å². The van der Waals surface area contributed by atoms with Crippen LogP contribution in [-0.2, 0) is 9.53 Å². The van der Waals surface area contributed by atoms with Crippen molar-refractivity contribution in [2.24, 2.45) is 0 Å². The number of benzene rings is 2. The molecule has 0 amide bonds. The Labute approximate surface area is 124 Å². The summed E-state index contributed by atoms with van der Waals surface area (Å²) in [4.78, 5) is 10.9. The van der Waals surface area contributed by atoms with Crippen LogP contribution in [-0.4, -0.2) is 19.2 Å². The molecule has 0 heterocycles. The minimum atomic E-state index is -0.403. The van der Waals surface area contributed by atoms with Gasteiger partial charge in [0.05, 0.1) is 13.2 Å². The lowest BCUT2D eigenvalue weighted by molar-refractivity contribution is -0.137. The lowest BCUT2D eigenvalue weighted by Gasteiger charge is -2.11. The number of carbonyl (C=O) groups excluding carboxylic acids is 1. The number of ether oxygens (including phenoxy) is 2. The van der Waals surface area contributed by atoms with E-state index in [0.717, 1.165) is 23.0 Å². The summed E-state index contributed by atoms with van der Waals surface area (Å²) < 4.78 is 10.7. The lowest BCUT2D eigenvalue weighted by Crippen LogP contribution is -2.06. The first-order valence-electron chi connectivity index (χ1n) is 6.87. The normalized spacial score (nSPS) is 9.90. The molecule has 0 radical (unpaired) electrons. The standard InChI is InChI=1S/C18H18O3/c1-2-18(19)21-14-8-13-20-17-12-7-6-11-16(17)15-9-4-3-5-10-15/h2-7,9-12H,1,8,13-14H2. The topological polar surface area (TPSA) is 35.5 Å². The third kappa shape index (κ3) is 4.49. The number of para-hydroxylation sites is 1. The van der Waals surface area contributed by atoms with Gasteiger partial charge in [-0.15, -0.1) is 0 Å². The molecule has 2 rings (SSSR count). The van der Waals surface area contributed by atoms with Gasteiger partial charge in [0.1, 0.15) is 5.75 Å². The average molecular weight is 282 g/mol. The van der Waals surface area contributed by atoms with Crippen molar-refractivity contribution in [1.29, 1.82) is 0 Å². The molecule has 2 aromatic rings. The average Bonchev–Trinajstić information content (AvgIpc) is 2.55. The first-order chi connectivity index (χ1) is 10.3. The van der Waals surface area contributed by atoms with Crippen LogP contribution in [0.15, 0.2) is 67.3 Å². The molecule has 0 fully saturated rings. The van der Waals surface area contributed by atoms with E-state index in [1.54, 1.807) is 0 Å². The second kappa shape index (κ2) is 7.90. The minimum Gasteiger partial charge on any atom is -0.493 e. The summed E-state index contributed by atoms with van der Waals surface area (Å²) in [6, 6.07) is 18.0. The largest absolute Gasteiger partial charge is 0.493 e. The van der Waals surface area contributed by atoms with Crippen LogP contribution in [0.25, 0.3) is 11.1 Å². The van der Waals surface area contributed by atoms with Gasteiger partial charge in [-0.3, -0.25) is 0 Å². The molecule has 0 bridgehead atoms. The van der Waals surface area contributed by atoms with Gasteiger partial charge >= 0.3 is 5.97 Å². The Kier molecular flexibility index (Phi) is 5.59. The third-order valence-corrected chi connectivity index (χ3v) is 2.93. The zero-order valence-corrected chi connectivity index (χ0v) is 11.8. The van der Waals surface area contributed by atoms with Gasteiger partial charge in [0.15, 0.2) is 0 Å². The lowest BCUT2D eigenvalue weighted by atomic mass is 10.1. The van der Waals surface area contributed by atoms with Gasteiger partial charge in [-0.1, -0.05) is 55.1 Å². The van der Waals surface area contributed by atoms with E-state index in [1.807, 2.05) is 54.6 Å². The van der Waals surface area contributed by atoms with Crippen molar-refractivity contribution in [3.8, 4) is 16.9 Å².